The zero-order chi connectivity index (χ0) is 25.2. The van der Waals surface area contributed by atoms with Crippen LogP contribution in [0.2, 0.25) is 0 Å². The summed E-state index contributed by atoms with van der Waals surface area (Å²) in [6.07, 6.45) is 0.561. The van der Waals surface area contributed by atoms with Gasteiger partial charge in [-0.3, -0.25) is 0 Å². The minimum absolute atomic E-state index is 0.0224. The number of nitrogens with one attached hydrogen (secondary N) is 1. The highest BCUT2D eigenvalue weighted by Gasteiger charge is 2.49. The molecule has 1 aromatic carbocycles. The molecule has 1 aliphatic rings. The molecule has 0 aliphatic heterocycles. The molecule has 1 aliphatic carbocycles. The summed E-state index contributed by atoms with van der Waals surface area (Å²) in [5.41, 5.74) is -6.21. The summed E-state index contributed by atoms with van der Waals surface area (Å²) in [4.78, 5) is 12.2. The molecule has 1 aromatic rings. The van der Waals surface area contributed by atoms with Crippen molar-refractivity contribution in [2.45, 2.75) is 50.8 Å². The molecule has 186 valence electrons. The highest BCUT2D eigenvalue weighted by atomic mass is 32.2. The summed E-state index contributed by atoms with van der Waals surface area (Å²) in [6.45, 7) is 4.91. The number of alkyl carbamates (subject to hydrolysis) is 1. The Bertz CT molecular complexity index is 1030. The summed E-state index contributed by atoms with van der Waals surface area (Å²) in [5.74, 6) is -0.287. The van der Waals surface area contributed by atoms with Crippen molar-refractivity contribution in [1.29, 1.82) is 0 Å². The van der Waals surface area contributed by atoms with Crippen molar-refractivity contribution in [3.63, 3.8) is 0 Å². The van der Waals surface area contributed by atoms with Gasteiger partial charge in [-0.05, 0) is 45.8 Å². The lowest BCUT2D eigenvalue weighted by molar-refractivity contribution is -0.0509. The van der Waals surface area contributed by atoms with Crippen molar-refractivity contribution in [3.8, 4) is 17.2 Å². The first-order chi connectivity index (χ1) is 15.1. The minimum Gasteiger partial charge on any atom is -0.493 e. The molecular weight excluding hydrogens is 471 g/mol. The van der Waals surface area contributed by atoms with Gasteiger partial charge in [-0.1, -0.05) is 0 Å². The lowest BCUT2D eigenvalue weighted by atomic mass is 10.0. The largest absolute Gasteiger partial charge is 0.534 e. The van der Waals surface area contributed by atoms with Gasteiger partial charge < -0.3 is 28.4 Å². The predicted molar refractivity (Wildman–Crippen MR) is 112 cm³/mol. The molecule has 2 rings (SSSR count). The molecule has 0 spiro atoms. The van der Waals surface area contributed by atoms with Crippen LogP contribution in [0.15, 0.2) is 12.1 Å². The summed E-state index contributed by atoms with van der Waals surface area (Å²) in [6, 6.07) is 0.358. The zero-order valence-corrected chi connectivity index (χ0v) is 19.8. The minimum atomic E-state index is -6.02. The third kappa shape index (κ3) is 6.15. The quantitative estimate of drug-likeness (QED) is 0.468. The summed E-state index contributed by atoms with van der Waals surface area (Å²) < 4.78 is 88.4. The number of alkyl halides is 3. The van der Waals surface area contributed by atoms with E-state index in [0.717, 1.165) is 6.08 Å². The number of ether oxygens (including phenoxy) is 4. The topological polar surface area (TPSA) is 109 Å². The van der Waals surface area contributed by atoms with Crippen LogP contribution >= 0.6 is 0 Å². The van der Waals surface area contributed by atoms with E-state index in [1.54, 1.807) is 20.8 Å². The second-order valence-electron chi connectivity index (χ2n) is 7.98. The molecule has 0 radical (unpaired) electrons. The average molecular weight is 497 g/mol. The van der Waals surface area contributed by atoms with Crippen LogP contribution in [0.4, 0.5) is 18.0 Å². The van der Waals surface area contributed by atoms with E-state index in [4.69, 9.17) is 18.9 Å². The fourth-order valence-electron chi connectivity index (χ4n) is 3.15. The number of benzene rings is 1. The van der Waals surface area contributed by atoms with Crippen LogP contribution in [-0.4, -0.2) is 53.0 Å². The normalized spacial score (nSPS) is 16.6. The van der Waals surface area contributed by atoms with Crippen LogP contribution in [0.1, 0.15) is 38.3 Å². The first kappa shape index (κ1) is 26.4. The van der Waals surface area contributed by atoms with E-state index in [1.165, 1.54) is 27.4 Å². The lowest BCUT2D eigenvalue weighted by Gasteiger charge is -2.22. The van der Waals surface area contributed by atoms with E-state index >= 15 is 0 Å². The molecule has 0 bridgehead atoms. The van der Waals surface area contributed by atoms with Gasteiger partial charge in [-0.15, -0.1) is 0 Å². The van der Waals surface area contributed by atoms with Crippen LogP contribution < -0.4 is 19.5 Å². The number of halogens is 3. The highest BCUT2D eigenvalue weighted by Crippen LogP contribution is 2.46. The van der Waals surface area contributed by atoms with Crippen molar-refractivity contribution in [2.24, 2.45) is 0 Å². The van der Waals surface area contributed by atoms with E-state index in [2.05, 4.69) is 9.50 Å². The number of hydrogen-bond donors (Lipinski definition) is 1. The van der Waals surface area contributed by atoms with Crippen LogP contribution in [0.25, 0.3) is 5.76 Å². The van der Waals surface area contributed by atoms with Gasteiger partial charge in [0, 0.05) is 11.1 Å². The SMILES string of the molecule is COc1cc2c(c(OC)c1OC)CC[C@@H](NC(=O)OC(C)(C)C)C=C2OS(=O)(=O)C(F)(F)F. The number of carbonyl (C=O) groups excluding carboxylic acids is 1. The van der Waals surface area contributed by atoms with Crippen molar-refractivity contribution in [3.05, 3.63) is 23.3 Å². The molecule has 0 aromatic heterocycles. The molecule has 0 saturated carbocycles. The first-order valence-electron chi connectivity index (χ1n) is 9.67. The molecular formula is C20H26F3NO8S. The third-order valence-electron chi connectivity index (χ3n) is 4.44. The van der Waals surface area contributed by atoms with Gasteiger partial charge in [0.05, 0.1) is 27.4 Å². The van der Waals surface area contributed by atoms with Crippen LogP contribution in [0.3, 0.4) is 0 Å². The van der Waals surface area contributed by atoms with E-state index in [0.29, 0.717) is 5.56 Å². The Labute approximate surface area is 189 Å². The number of hydrogen-bond acceptors (Lipinski definition) is 8. The maximum atomic E-state index is 13.1. The predicted octanol–water partition coefficient (Wildman–Crippen LogP) is 3.76. The standard InChI is InChI=1S/C20H26F3NO8S/c1-19(2,3)31-18(25)24-11-7-8-12-13(10-15(28-4)17(30-6)16(12)29-5)14(9-11)32-33(26,27)20(21,22)23/h9-11H,7-8H2,1-6H3,(H,24,25)/t11-/m1/s1. The molecule has 1 N–H and O–H groups in total. The van der Waals surface area contributed by atoms with Crippen molar-refractivity contribution in [2.75, 3.05) is 21.3 Å². The van der Waals surface area contributed by atoms with Gasteiger partial charge in [-0.25, -0.2) is 4.79 Å². The Morgan fingerprint density at radius 2 is 1.67 bits per heavy atom. The maximum absolute atomic E-state index is 13.1. The monoisotopic (exact) mass is 497 g/mol. The summed E-state index contributed by atoms with van der Waals surface area (Å²) >= 11 is 0. The molecule has 0 saturated heterocycles. The number of carbonyl (C=O) groups is 1. The highest BCUT2D eigenvalue weighted by molar-refractivity contribution is 7.87. The van der Waals surface area contributed by atoms with Gasteiger partial charge in [0.25, 0.3) is 0 Å². The number of fused-ring (bicyclic) bond motifs is 1. The van der Waals surface area contributed by atoms with Crippen LogP contribution in [0.5, 0.6) is 17.2 Å². The summed E-state index contributed by atoms with van der Waals surface area (Å²) in [5, 5.41) is 2.50. The molecule has 0 heterocycles. The van der Waals surface area contributed by atoms with E-state index in [1.807, 2.05) is 0 Å². The Morgan fingerprint density at radius 1 is 1.06 bits per heavy atom. The van der Waals surface area contributed by atoms with Crippen molar-refractivity contribution in [1.82, 2.24) is 5.32 Å². The van der Waals surface area contributed by atoms with Crippen LogP contribution in [0, 0.1) is 0 Å². The molecule has 1 amide bonds. The first-order valence-corrected chi connectivity index (χ1v) is 11.1. The van der Waals surface area contributed by atoms with Crippen molar-refractivity contribution >= 4 is 22.0 Å². The fourth-order valence-corrected chi connectivity index (χ4v) is 3.63. The fraction of sp³-hybridized carbons (Fsp3) is 0.550. The van der Waals surface area contributed by atoms with E-state index < -0.39 is 39.1 Å². The Balaban J connectivity index is 2.63. The third-order valence-corrected chi connectivity index (χ3v) is 5.41. The second kappa shape index (κ2) is 9.57. The van der Waals surface area contributed by atoms with E-state index in [9.17, 15) is 26.4 Å². The number of amides is 1. The van der Waals surface area contributed by atoms with Gasteiger partial charge in [0.1, 0.15) is 11.4 Å². The summed E-state index contributed by atoms with van der Waals surface area (Å²) in [7, 11) is -2.06. The molecule has 0 unspecified atom stereocenters. The smallest absolute Gasteiger partial charge is 0.493 e. The number of methoxy groups -OCH3 is 3. The molecule has 13 heteroatoms. The molecule has 9 nitrogen and oxygen atoms in total. The van der Waals surface area contributed by atoms with E-state index in [-0.39, 0.29) is 35.7 Å². The lowest BCUT2D eigenvalue weighted by Crippen LogP contribution is -2.38. The van der Waals surface area contributed by atoms with Crippen LogP contribution in [-0.2, 0) is 25.5 Å². The van der Waals surface area contributed by atoms with Gasteiger partial charge in [0.15, 0.2) is 11.5 Å². The van der Waals surface area contributed by atoms with Gasteiger partial charge >= 0.3 is 21.7 Å². The molecule has 1 atom stereocenters. The van der Waals surface area contributed by atoms with Crippen molar-refractivity contribution < 1.29 is 49.5 Å². The Morgan fingerprint density at radius 3 is 2.15 bits per heavy atom. The Hall–Kier alpha value is -2.83. The molecule has 33 heavy (non-hydrogen) atoms. The maximum Gasteiger partial charge on any atom is 0.534 e. The van der Waals surface area contributed by atoms with Gasteiger partial charge in [-0.2, -0.15) is 21.6 Å². The van der Waals surface area contributed by atoms with Gasteiger partial charge in [0.2, 0.25) is 5.75 Å². The molecule has 0 fully saturated rings. The average Bonchev–Trinajstić information content (AvgIpc) is 2.82. The number of rotatable bonds is 6. The Kier molecular flexibility index (Phi) is 7.67. The zero-order valence-electron chi connectivity index (χ0n) is 19.0. The second-order valence-corrected chi connectivity index (χ2v) is 9.51.